The first-order valence-electron chi connectivity index (χ1n) is 36.2. The summed E-state index contributed by atoms with van der Waals surface area (Å²) in [6.07, 6.45) is 82.7. The maximum Gasteiger partial charge on any atom is 0.306 e. The fraction of sp³-hybridized carbons (Fsp3) is 0.932. The molecule has 0 fully saturated rings. The van der Waals surface area contributed by atoms with Gasteiger partial charge in [-0.25, -0.2) is 0 Å². The molecule has 0 aromatic heterocycles. The SMILES string of the molecule is CCCCCCCC/C=C\CCCCCCCC(=O)OC(COC(=O)CCCCCCCCCCCCCCC)COC(=O)CCCCCCCCCCCCCCCCCCCCCCCCCCCCCCCCCCC. The highest BCUT2D eigenvalue weighted by molar-refractivity contribution is 5.71. The van der Waals surface area contributed by atoms with Crippen LogP contribution in [0.3, 0.4) is 0 Å². The lowest BCUT2D eigenvalue weighted by Gasteiger charge is -2.18. The molecular weight excluding hydrogens is 973 g/mol. The largest absolute Gasteiger partial charge is 0.462 e. The highest BCUT2D eigenvalue weighted by atomic mass is 16.6. The molecule has 0 bridgehead atoms. The zero-order valence-corrected chi connectivity index (χ0v) is 53.9. The zero-order valence-electron chi connectivity index (χ0n) is 53.9. The lowest BCUT2D eigenvalue weighted by atomic mass is 10.0. The Morgan fingerprint density at radius 3 is 0.633 bits per heavy atom. The van der Waals surface area contributed by atoms with E-state index >= 15 is 0 Å². The Kier molecular flexibility index (Phi) is 67.0. The molecule has 0 aliphatic heterocycles. The van der Waals surface area contributed by atoms with Crippen LogP contribution in [0.1, 0.15) is 419 Å². The van der Waals surface area contributed by atoms with Crippen LogP contribution < -0.4 is 0 Å². The average molecular weight is 1110 g/mol. The molecule has 1 unspecified atom stereocenters. The van der Waals surface area contributed by atoms with E-state index in [-0.39, 0.29) is 31.1 Å². The van der Waals surface area contributed by atoms with E-state index in [9.17, 15) is 14.4 Å². The van der Waals surface area contributed by atoms with Crippen LogP contribution in [0.5, 0.6) is 0 Å². The molecule has 79 heavy (non-hydrogen) atoms. The van der Waals surface area contributed by atoms with E-state index in [1.165, 1.54) is 315 Å². The molecule has 0 amide bonds. The number of ether oxygens (including phenoxy) is 3. The second-order valence-electron chi connectivity index (χ2n) is 24.9. The van der Waals surface area contributed by atoms with Crippen LogP contribution in [0.25, 0.3) is 0 Å². The third-order valence-electron chi connectivity index (χ3n) is 16.8. The van der Waals surface area contributed by atoms with Gasteiger partial charge in [-0.1, -0.05) is 367 Å². The number of unbranched alkanes of at least 4 members (excludes halogenated alkanes) is 55. The van der Waals surface area contributed by atoms with Crippen LogP contribution in [0.2, 0.25) is 0 Å². The van der Waals surface area contributed by atoms with Gasteiger partial charge in [0.25, 0.3) is 0 Å². The summed E-state index contributed by atoms with van der Waals surface area (Å²) in [4.78, 5) is 38.3. The highest BCUT2D eigenvalue weighted by Crippen LogP contribution is 2.19. The first-order valence-corrected chi connectivity index (χ1v) is 36.2. The molecular formula is C73H140O6. The van der Waals surface area contributed by atoms with E-state index in [1.807, 2.05) is 0 Å². The number of carbonyl (C=O) groups excluding carboxylic acids is 3. The van der Waals surface area contributed by atoms with Crippen molar-refractivity contribution >= 4 is 17.9 Å². The standard InChI is InChI=1S/C73H140O6/c1-4-7-10-13-16-19-22-25-27-28-29-30-31-32-33-34-35-36-37-38-39-40-41-42-43-44-46-48-51-54-57-60-63-66-72(75)78-69-70(68-77-71(74)65-62-59-56-53-50-47-24-21-18-15-12-9-6-3)79-73(76)67-64-61-58-55-52-49-45-26-23-20-17-14-11-8-5-2/h26,45,70H,4-25,27-44,46-69H2,1-3H3/b45-26-. The number of carbonyl (C=O) groups is 3. The summed E-state index contributed by atoms with van der Waals surface area (Å²) in [6.45, 7) is 6.71. The molecule has 0 spiro atoms. The number of hydrogen-bond acceptors (Lipinski definition) is 6. The van der Waals surface area contributed by atoms with Gasteiger partial charge in [-0.05, 0) is 44.9 Å². The molecule has 0 radical (unpaired) electrons. The second-order valence-corrected chi connectivity index (χ2v) is 24.9. The first-order chi connectivity index (χ1) is 39.0. The van der Waals surface area contributed by atoms with Crippen molar-refractivity contribution in [3.05, 3.63) is 12.2 Å². The summed E-state index contributed by atoms with van der Waals surface area (Å²) in [6, 6.07) is 0. The van der Waals surface area contributed by atoms with Crippen molar-refractivity contribution < 1.29 is 28.6 Å². The Morgan fingerprint density at radius 1 is 0.241 bits per heavy atom. The molecule has 0 aliphatic rings. The number of allylic oxidation sites excluding steroid dienone is 2. The predicted molar refractivity (Wildman–Crippen MR) is 344 cm³/mol. The normalized spacial score (nSPS) is 12.0. The summed E-state index contributed by atoms with van der Waals surface area (Å²) < 4.78 is 17.0. The molecule has 1 atom stereocenters. The quantitative estimate of drug-likeness (QED) is 0.0261. The Morgan fingerprint density at radius 2 is 0.418 bits per heavy atom. The van der Waals surface area contributed by atoms with Gasteiger partial charge in [0, 0.05) is 19.3 Å². The molecule has 0 rings (SSSR count). The van der Waals surface area contributed by atoms with Crippen molar-refractivity contribution in [2.75, 3.05) is 13.2 Å². The van der Waals surface area contributed by atoms with Crippen molar-refractivity contribution in [1.82, 2.24) is 0 Å². The number of hydrogen-bond donors (Lipinski definition) is 0. The summed E-state index contributed by atoms with van der Waals surface area (Å²) in [5, 5.41) is 0. The van der Waals surface area contributed by atoms with E-state index in [4.69, 9.17) is 14.2 Å². The third kappa shape index (κ3) is 66.8. The molecule has 0 saturated heterocycles. The van der Waals surface area contributed by atoms with Crippen LogP contribution in [0.4, 0.5) is 0 Å². The Hall–Kier alpha value is -1.85. The van der Waals surface area contributed by atoms with Crippen molar-refractivity contribution in [2.45, 2.75) is 425 Å². The summed E-state index contributed by atoms with van der Waals surface area (Å²) in [5.41, 5.74) is 0. The molecule has 0 N–H and O–H groups in total. The highest BCUT2D eigenvalue weighted by Gasteiger charge is 2.19. The molecule has 6 nitrogen and oxygen atoms in total. The molecule has 468 valence electrons. The zero-order chi connectivity index (χ0) is 57.1. The topological polar surface area (TPSA) is 78.9 Å². The van der Waals surface area contributed by atoms with Gasteiger partial charge in [0.15, 0.2) is 6.10 Å². The third-order valence-corrected chi connectivity index (χ3v) is 16.8. The van der Waals surface area contributed by atoms with Crippen molar-refractivity contribution in [1.29, 1.82) is 0 Å². The van der Waals surface area contributed by atoms with Crippen LogP contribution >= 0.6 is 0 Å². The molecule has 0 heterocycles. The van der Waals surface area contributed by atoms with Gasteiger partial charge in [0.05, 0.1) is 0 Å². The van der Waals surface area contributed by atoms with Crippen molar-refractivity contribution in [3.63, 3.8) is 0 Å². The lowest BCUT2D eigenvalue weighted by molar-refractivity contribution is -0.167. The molecule has 0 aromatic carbocycles. The second kappa shape index (κ2) is 68.6. The van der Waals surface area contributed by atoms with E-state index in [2.05, 4.69) is 32.9 Å². The van der Waals surface area contributed by atoms with Gasteiger partial charge >= 0.3 is 17.9 Å². The average Bonchev–Trinajstić information content (AvgIpc) is 3.45. The fourth-order valence-corrected chi connectivity index (χ4v) is 11.3. The van der Waals surface area contributed by atoms with E-state index in [0.717, 1.165) is 64.2 Å². The number of rotatable bonds is 68. The van der Waals surface area contributed by atoms with Gasteiger partial charge in [0.2, 0.25) is 0 Å². The molecule has 6 heteroatoms. The van der Waals surface area contributed by atoms with E-state index in [1.54, 1.807) is 0 Å². The summed E-state index contributed by atoms with van der Waals surface area (Å²) in [5.74, 6) is -0.843. The minimum absolute atomic E-state index is 0.0668. The Bertz CT molecular complexity index is 1230. The molecule has 0 aliphatic carbocycles. The Labute approximate surface area is 494 Å². The maximum atomic E-state index is 12.9. The molecule has 0 saturated carbocycles. The molecule has 0 aromatic rings. The minimum Gasteiger partial charge on any atom is -0.462 e. The van der Waals surface area contributed by atoms with Gasteiger partial charge < -0.3 is 14.2 Å². The lowest BCUT2D eigenvalue weighted by Crippen LogP contribution is -2.30. The van der Waals surface area contributed by atoms with Crippen LogP contribution in [-0.4, -0.2) is 37.2 Å². The first kappa shape index (κ1) is 77.2. The maximum absolute atomic E-state index is 12.9. The number of esters is 3. The van der Waals surface area contributed by atoms with Gasteiger partial charge in [-0.3, -0.25) is 14.4 Å². The minimum atomic E-state index is -0.770. The van der Waals surface area contributed by atoms with Crippen molar-refractivity contribution in [2.24, 2.45) is 0 Å². The smallest absolute Gasteiger partial charge is 0.306 e. The fourth-order valence-electron chi connectivity index (χ4n) is 11.3. The monoisotopic (exact) mass is 1110 g/mol. The van der Waals surface area contributed by atoms with Crippen LogP contribution in [-0.2, 0) is 28.6 Å². The van der Waals surface area contributed by atoms with Gasteiger partial charge in [-0.15, -0.1) is 0 Å². The van der Waals surface area contributed by atoms with Gasteiger partial charge in [-0.2, -0.15) is 0 Å². The van der Waals surface area contributed by atoms with Crippen molar-refractivity contribution in [3.8, 4) is 0 Å². The summed E-state index contributed by atoms with van der Waals surface area (Å²) in [7, 11) is 0. The predicted octanol–water partition coefficient (Wildman–Crippen LogP) is 24.8. The van der Waals surface area contributed by atoms with Gasteiger partial charge in [0.1, 0.15) is 13.2 Å². The summed E-state index contributed by atoms with van der Waals surface area (Å²) >= 11 is 0. The van der Waals surface area contributed by atoms with Crippen LogP contribution in [0, 0.1) is 0 Å². The van der Waals surface area contributed by atoms with E-state index in [0.29, 0.717) is 19.3 Å². The van der Waals surface area contributed by atoms with E-state index < -0.39 is 6.10 Å². The van der Waals surface area contributed by atoms with Crippen LogP contribution in [0.15, 0.2) is 12.2 Å². The Balaban J connectivity index is 4.05.